The molecule has 1 aliphatic heterocycles. The SMILES string of the molecule is Cc1ncsc1C(=O)NCc1cccnc1N1CCOCC1. The third kappa shape index (κ3) is 3.26. The van der Waals surface area contributed by atoms with E-state index in [1.165, 1.54) is 11.3 Å². The van der Waals surface area contributed by atoms with E-state index in [0.29, 0.717) is 24.6 Å². The molecule has 0 spiro atoms. The molecule has 1 saturated heterocycles. The van der Waals surface area contributed by atoms with Crippen molar-refractivity contribution < 1.29 is 9.53 Å². The fraction of sp³-hybridized carbons (Fsp3) is 0.400. The second-order valence-electron chi connectivity index (χ2n) is 5.04. The lowest BCUT2D eigenvalue weighted by atomic mass is 10.2. The van der Waals surface area contributed by atoms with Crippen LogP contribution < -0.4 is 10.2 Å². The van der Waals surface area contributed by atoms with Gasteiger partial charge in [0, 0.05) is 31.4 Å². The van der Waals surface area contributed by atoms with Crippen LogP contribution in [0.25, 0.3) is 0 Å². The zero-order valence-electron chi connectivity index (χ0n) is 12.4. The number of aromatic nitrogens is 2. The maximum Gasteiger partial charge on any atom is 0.263 e. The fourth-order valence-corrected chi connectivity index (χ4v) is 3.12. The Labute approximate surface area is 133 Å². The van der Waals surface area contributed by atoms with E-state index in [4.69, 9.17) is 4.74 Å². The highest BCUT2D eigenvalue weighted by Gasteiger charge is 2.17. The normalized spacial score (nSPS) is 14.9. The average molecular weight is 318 g/mol. The fourth-order valence-electron chi connectivity index (χ4n) is 2.40. The first-order valence-electron chi connectivity index (χ1n) is 7.20. The van der Waals surface area contributed by atoms with Crippen molar-refractivity contribution in [1.29, 1.82) is 0 Å². The molecular formula is C15H18N4O2S. The van der Waals surface area contributed by atoms with Gasteiger partial charge in [0.15, 0.2) is 0 Å². The molecule has 0 aliphatic carbocycles. The Morgan fingerprint density at radius 2 is 2.23 bits per heavy atom. The van der Waals surface area contributed by atoms with Crippen LogP contribution in [0.2, 0.25) is 0 Å². The van der Waals surface area contributed by atoms with Crippen molar-refractivity contribution in [2.24, 2.45) is 0 Å². The van der Waals surface area contributed by atoms with Crippen molar-refractivity contribution in [3.8, 4) is 0 Å². The third-order valence-electron chi connectivity index (χ3n) is 3.57. The van der Waals surface area contributed by atoms with Crippen molar-refractivity contribution in [2.45, 2.75) is 13.5 Å². The number of ether oxygens (including phenoxy) is 1. The van der Waals surface area contributed by atoms with Gasteiger partial charge >= 0.3 is 0 Å². The molecule has 2 aromatic rings. The number of anilines is 1. The van der Waals surface area contributed by atoms with Crippen LogP contribution >= 0.6 is 11.3 Å². The van der Waals surface area contributed by atoms with E-state index in [2.05, 4.69) is 20.2 Å². The largest absolute Gasteiger partial charge is 0.378 e. The number of rotatable bonds is 4. The molecule has 2 aromatic heterocycles. The maximum absolute atomic E-state index is 12.2. The molecule has 22 heavy (non-hydrogen) atoms. The first kappa shape index (κ1) is 14.9. The third-order valence-corrected chi connectivity index (χ3v) is 4.50. The number of pyridine rings is 1. The van der Waals surface area contributed by atoms with E-state index in [0.717, 1.165) is 30.2 Å². The molecule has 0 aromatic carbocycles. The van der Waals surface area contributed by atoms with Gasteiger partial charge < -0.3 is 15.0 Å². The lowest BCUT2D eigenvalue weighted by molar-refractivity contribution is 0.0954. The number of amides is 1. The van der Waals surface area contributed by atoms with Crippen LogP contribution in [0.15, 0.2) is 23.8 Å². The Hall–Kier alpha value is -1.99. The molecular weight excluding hydrogens is 300 g/mol. The Morgan fingerprint density at radius 3 is 2.95 bits per heavy atom. The highest BCUT2D eigenvalue weighted by Crippen LogP contribution is 2.19. The van der Waals surface area contributed by atoms with Gasteiger partial charge in [-0.3, -0.25) is 4.79 Å². The van der Waals surface area contributed by atoms with Crippen molar-refractivity contribution in [1.82, 2.24) is 15.3 Å². The Kier molecular flexibility index (Phi) is 4.65. The van der Waals surface area contributed by atoms with Crippen molar-refractivity contribution in [2.75, 3.05) is 31.2 Å². The monoisotopic (exact) mass is 318 g/mol. The zero-order chi connectivity index (χ0) is 15.4. The van der Waals surface area contributed by atoms with Crippen LogP contribution in [0.3, 0.4) is 0 Å². The highest BCUT2D eigenvalue weighted by molar-refractivity contribution is 7.11. The van der Waals surface area contributed by atoms with E-state index >= 15 is 0 Å². The van der Waals surface area contributed by atoms with E-state index < -0.39 is 0 Å². The minimum atomic E-state index is -0.0863. The molecule has 1 aliphatic rings. The summed E-state index contributed by atoms with van der Waals surface area (Å²) in [7, 11) is 0. The molecule has 0 unspecified atom stereocenters. The molecule has 7 heteroatoms. The highest BCUT2D eigenvalue weighted by atomic mass is 32.1. The number of nitrogens with one attached hydrogen (secondary N) is 1. The van der Waals surface area contributed by atoms with Crippen molar-refractivity contribution in [3.63, 3.8) is 0 Å². The minimum absolute atomic E-state index is 0.0863. The molecule has 0 bridgehead atoms. The summed E-state index contributed by atoms with van der Waals surface area (Å²) in [5.74, 6) is 0.837. The summed E-state index contributed by atoms with van der Waals surface area (Å²) in [5.41, 5.74) is 3.47. The molecule has 116 valence electrons. The summed E-state index contributed by atoms with van der Waals surface area (Å²) < 4.78 is 5.38. The molecule has 0 saturated carbocycles. The van der Waals surface area contributed by atoms with E-state index in [1.807, 2.05) is 19.1 Å². The average Bonchev–Trinajstić information content (AvgIpc) is 3.00. The van der Waals surface area contributed by atoms with Crippen LogP contribution in [0.4, 0.5) is 5.82 Å². The van der Waals surface area contributed by atoms with Crippen molar-refractivity contribution >= 4 is 23.1 Å². The van der Waals surface area contributed by atoms with Gasteiger partial charge in [-0.15, -0.1) is 11.3 Å². The van der Waals surface area contributed by atoms with Gasteiger partial charge in [-0.1, -0.05) is 6.07 Å². The number of aryl methyl sites for hydroxylation is 1. The minimum Gasteiger partial charge on any atom is -0.378 e. The summed E-state index contributed by atoms with van der Waals surface area (Å²) in [6.45, 7) is 5.37. The molecule has 0 atom stereocenters. The van der Waals surface area contributed by atoms with Crippen molar-refractivity contribution in [3.05, 3.63) is 40.0 Å². The topological polar surface area (TPSA) is 67.4 Å². The predicted octanol–water partition coefficient (Wildman–Crippen LogP) is 1.61. The van der Waals surface area contributed by atoms with Gasteiger partial charge in [0.25, 0.3) is 5.91 Å². The first-order chi connectivity index (χ1) is 10.8. The second kappa shape index (κ2) is 6.85. The van der Waals surface area contributed by atoms with Gasteiger partial charge in [0.1, 0.15) is 10.7 Å². The Morgan fingerprint density at radius 1 is 1.41 bits per heavy atom. The second-order valence-corrected chi connectivity index (χ2v) is 5.89. The van der Waals surface area contributed by atoms with Crippen LogP contribution in [-0.2, 0) is 11.3 Å². The quantitative estimate of drug-likeness (QED) is 0.928. The van der Waals surface area contributed by atoms with Gasteiger partial charge in [-0.2, -0.15) is 0 Å². The van der Waals surface area contributed by atoms with Gasteiger partial charge in [0.05, 0.1) is 24.4 Å². The van der Waals surface area contributed by atoms with E-state index in [1.54, 1.807) is 11.7 Å². The number of carbonyl (C=O) groups is 1. The summed E-state index contributed by atoms with van der Waals surface area (Å²) in [5, 5.41) is 2.96. The van der Waals surface area contributed by atoms with Crippen LogP contribution in [0.5, 0.6) is 0 Å². The van der Waals surface area contributed by atoms with Crippen LogP contribution in [-0.4, -0.2) is 42.2 Å². The van der Waals surface area contributed by atoms with Gasteiger partial charge in [-0.25, -0.2) is 9.97 Å². The zero-order valence-corrected chi connectivity index (χ0v) is 13.2. The summed E-state index contributed by atoms with van der Waals surface area (Å²) in [4.78, 5) is 23.6. The molecule has 3 heterocycles. The molecule has 6 nitrogen and oxygen atoms in total. The number of thiazole rings is 1. The number of nitrogens with zero attached hydrogens (tertiary/aromatic N) is 3. The smallest absolute Gasteiger partial charge is 0.263 e. The number of hydrogen-bond donors (Lipinski definition) is 1. The number of morpholine rings is 1. The Bertz CT molecular complexity index is 652. The van der Waals surface area contributed by atoms with Crippen LogP contribution in [0, 0.1) is 6.92 Å². The number of carbonyl (C=O) groups excluding carboxylic acids is 1. The first-order valence-corrected chi connectivity index (χ1v) is 8.08. The molecule has 1 fully saturated rings. The van der Waals surface area contributed by atoms with E-state index in [-0.39, 0.29) is 5.91 Å². The summed E-state index contributed by atoms with van der Waals surface area (Å²) in [6, 6.07) is 3.89. The van der Waals surface area contributed by atoms with Gasteiger partial charge in [-0.05, 0) is 13.0 Å². The lowest BCUT2D eigenvalue weighted by Crippen LogP contribution is -2.37. The maximum atomic E-state index is 12.2. The molecule has 1 amide bonds. The standard InChI is InChI=1S/C15H18N4O2S/c1-11-13(22-10-18-11)15(20)17-9-12-3-2-4-16-14(12)19-5-7-21-8-6-19/h2-4,10H,5-9H2,1H3,(H,17,20). The van der Waals surface area contributed by atoms with E-state index in [9.17, 15) is 4.79 Å². The molecule has 3 rings (SSSR count). The summed E-state index contributed by atoms with van der Waals surface area (Å²) >= 11 is 1.36. The summed E-state index contributed by atoms with van der Waals surface area (Å²) in [6.07, 6.45) is 1.78. The molecule has 0 radical (unpaired) electrons. The van der Waals surface area contributed by atoms with Gasteiger partial charge in [0.2, 0.25) is 0 Å². The predicted molar refractivity (Wildman–Crippen MR) is 85.3 cm³/mol. The molecule has 1 N–H and O–H groups in total. The lowest BCUT2D eigenvalue weighted by Gasteiger charge is -2.29. The Balaban J connectivity index is 1.70. The van der Waals surface area contributed by atoms with Crippen LogP contribution in [0.1, 0.15) is 20.9 Å². The number of hydrogen-bond acceptors (Lipinski definition) is 6.